The van der Waals surface area contributed by atoms with Crippen LogP contribution in [0.5, 0.6) is 0 Å². The summed E-state index contributed by atoms with van der Waals surface area (Å²) in [6, 6.07) is 10.6. The molecular weight excluding hydrogens is 412 g/mol. The molecule has 0 aliphatic rings. The first-order valence-corrected chi connectivity index (χ1v) is 9.35. The van der Waals surface area contributed by atoms with Crippen molar-refractivity contribution in [1.82, 2.24) is 15.2 Å². The maximum absolute atomic E-state index is 12.5. The van der Waals surface area contributed by atoms with Gasteiger partial charge in [0.2, 0.25) is 5.13 Å². The van der Waals surface area contributed by atoms with E-state index in [9.17, 15) is 25.0 Å². The number of carbonyl (C=O) groups is 1. The number of fused-ring (bicyclic) bond motifs is 1. The molecule has 0 aliphatic carbocycles. The molecule has 2 N–H and O–H groups in total. The summed E-state index contributed by atoms with van der Waals surface area (Å²) in [5, 5.41) is 34.3. The average molecular weight is 424 g/mol. The molecule has 2 aromatic heterocycles. The Balaban J connectivity index is 1.53. The number of anilines is 1. The standard InChI is InChI=1S/C18H12N6O5S/c25-17(13-6-5-11(23(26)27)8-15(13)24(28)29)20-18-22-21-16(30-18)7-10-9-19-14-4-2-1-3-12(10)14/h1-6,8-9,19H,7H2,(H,20,22,25). The van der Waals surface area contributed by atoms with Crippen LogP contribution in [0.2, 0.25) is 0 Å². The lowest BCUT2D eigenvalue weighted by Gasteiger charge is -2.02. The normalized spacial score (nSPS) is 10.8. The minimum atomic E-state index is -0.843. The minimum absolute atomic E-state index is 0.169. The first-order chi connectivity index (χ1) is 14.4. The second kappa shape index (κ2) is 7.67. The third-order valence-corrected chi connectivity index (χ3v) is 5.18. The summed E-state index contributed by atoms with van der Waals surface area (Å²) in [5.74, 6) is -0.800. The summed E-state index contributed by atoms with van der Waals surface area (Å²) in [7, 11) is 0. The first kappa shape index (κ1) is 19.1. The topological polar surface area (TPSA) is 157 Å². The number of amides is 1. The number of aromatic nitrogens is 3. The van der Waals surface area contributed by atoms with Crippen molar-refractivity contribution in [3.63, 3.8) is 0 Å². The molecule has 150 valence electrons. The number of carbonyl (C=O) groups excluding carboxylic acids is 1. The van der Waals surface area contributed by atoms with Crippen LogP contribution in [-0.4, -0.2) is 30.9 Å². The van der Waals surface area contributed by atoms with Crippen LogP contribution < -0.4 is 5.32 Å². The second-order valence-corrected chi connectivity index (χ2v) is 7.27. The number of nitrogens with zero attached hydrogens (tertiary/aromatic N) is 4. The summed E-state index contributed by atoms with van der Waals surface area (Å²) < 4.78 is 0. The maximum atomic E-state index is 12.5. The number of nitro benzene ring substituents is 2. The van der Waals surface area contributed by atoms with Crippen LogP contribution in [0.1, 0.15) is 20.9 Å². The fourth-order valence-electron chi connectivity index (χ4n) is 2.96. The van der Waals surface area contributed by atoms with Gasteiger partial charge < -0.3 is 4.98 Å². The van der Waals surface area contributed by atoms with E-state index in [0.29, 0.717) is 11.4 Å². The largest absolute Gasteiger partial charge is 0.361 e. The van der Waals surface area contributed by atoms with Crippen LogP contribution >= 0.6 is 11.3 Å². The van der Waals surface area contributed by atoms with Gasteiger partial charge in [0, 0.05) is 29.6 Å². The van der Waals surface area contributed by atoms with E-state index in [0.717, 1.165) is 46.0 Å². The van der Waals surface area contributed by atoms with Gasteiger partial charge in [0.25, 0.3) is 17.3 Å². The monoisotopic (exact) mass is 424 g/mol. The lowest BCUT2D eigenvalue weighted by molar-refractivity contribution is -0.394. The molecule has 0 fully saturated rings. The minimum Gasteiger partial charge on any atom is -0.361 e. The van der Waals surface area contributed by atoms with Gasteiger partial charge in [-0.2, -0.15) is 0 Å². The van der Waals surface area contributed by atoms with Gasteiger partial charge in [-0.15, -0.1) is 10.2 Å². The number of hydrogen-bond donors (Lipinski definition) is 2. The van der Waals surface area contributed by atoms with Gasteiger partial charge in [0.15, 0.2) is 0 Å². The molecule has 4 aromatic rings. The quantitative estimate of drug-likeness (QED) is 0.353. The Labute approximate surface area is 171 Å². The van der Waals surface area contributed by atoms with Crippen LogP contribution in [0.4, 0.5) is 16.5 Å². The number of aromatic amines is 1. The predicted molar refractivity (Wildman–Crippen MR) is 109 cm³/mol. The third-order valence-electron chi connectivity index (χ3n) is 4.34. The van der Waals surface area contributed by atoms with Gasteiger partial charge in [0.05, 0.1) is 15.9 Å². The lowest BCUT2D eigenvalue weighted by atomic mass is 10.1. The Morgan fingerprint density at radius 1 is 1.10 bits per heavy atom. The van der Waals surface area contributed by atoms with Crippen LogP contribution in [0.25, 0.3) is 10.9 Å². The van der Waals surface area contributed by atoms with Crippen molar-refractivity contribution in [2.75, 3.05) is 5.32 Å². The zero-order valence-corrected chi connectivity index (χ0v) is 15.9. The fraction of sp³-hybridized carbons (Fsp3) is 0.0556. The number of hydrogen-bond acceptors (Lipinski definition) is 8. The lowest BCUT2D eigenvalue weighted by Crippen LogP contribution is -2.14. The summed E-state index contributed by atoms with van der Waals surface area (Å²) in [4.78, 5) is 36.1. The van der Waals surface area contributed by atoms with Crippen LogP contribution in [0, 0.1) is 20.2 Å². The van der Waals surface area contributed by atoms with Crippen molar-refractivity contribution in [2.24, 2.45) is 0 Å². The van der Waals surface area contributed by atoms with Crippen LogP contribution in [-0.2, 0) is 6.42 Å². The molecular formula is C18H12N6O5S. The molecule has 30 heavy (non-hydrogen) atoms. The Hall–Kier alpha value is -4.19. The van der Waals surface area contributed by atoms with E-state index in [2.05, 4.69) is 20.5 Å². The highest BCUT2D eigenvalue weighted by molar-refractivity contribution is 7.15. The van der Waals surface area contributed by atoms with Gasteiger partial charge in [-0.25, -0.2) is 0 Å². The van der Waals surface area contributed by atoms with Gasteiger partial charge in [-0.1, -0.05) is 29.5 Å². The Bertz CT molecular complexity index is 1300. The first-order valence-electron chi connectivity index (χ1n) is 8.54. The van der Waals surface area contributed by atoms with E-state index in [-0.39, 0.29) is 10.7 Å². The number of H-pyrrole nitrogens is 1. The number of non-ortho nitro benzene ring substituents is 1. The number of rotatable bonds is 6. The van der Waals surface area contributed by atoms with E-state index in [4.69, 9.17) is 0 Å². The molecule has 11 nitrogen and oxygen atoms in total. The molecule has 4 rings (SSSR count). The van der Waals surface area contributed by atoms with E-state index in [1.165, 1.54) is 0 Å². The summed E-state index contributed by atoms with van der Waals surface area (Å²) in [6.45, 7) is 0. The van der Waals surface area contributed by atoms with Crippen LogP contribution in [0.15, 0.2) is 48.7 Å². The molecule has 0 aliphatic heterocycles. The van der Waals surface area contributed by atoms with E-state index >= 15 is 0 Å². The van der Waals surface area contributed by atoms with Crippen molar-refractivity contribution in [3.05, 3.63) is 85.0 Å². The van der Waals surface area contributed by atoms with Crippen molar-refractivity contribution >= 4 is 44.7 Å². The molecule has 0 spiro atoms. The SMILES string of the molecule is O=C(Nc1nnc(Cc2c[nH]c3ccccc23)s1)c1ccc([N+](=O)[O-])cc1[N+](=O)[O-]. The smallest absolute Gasteiger partial charge is 0.289 e. The van der Waals surface area contributed by atoms with Crippen molar-refractivity contribution in [1.29, 1.82) is 0 Å². The van der Waals surface area contributed by atoms with Crippen molar-refractivity contribution in [2.45, 2.75) is 6.42 Å². The van der Waals surface area contributed by atoms with Gasteiger partial charge >= 0.3 is 0 Å². The number of nitro groups is 2. The molecule has 0 radical (unpaired) electrons. The molecule has 2 heterocycles. The fourth-order valence-corrected chi connectivity index (χ4v) is 3.72. The highest BCUT2D eigenvalue weighted by Crippen LogP contribution is 2.27. The third kappa shape index (κ3) is 3.71. The summed E-state index contributed by atoms with van der Waals surface area (Å²) >= 11 is 1.14. The predicted octanol–water partition coefficient (Wildman–Crippen LogP) is 3.68. The second-order valence-electron chi connectivity index (χ2n) is 6.21. The van der Waals surface area contributed by atoms with Gasteiger partial charge in [0.1, 0.15) is 10.6 Å². The number of para-hydroxylation sites is 1. The van der Waals surface area contributed by atoms with Crippen molar-refractivity contribution < 1.29 is 14.6 Å². The highest BCUT2D eigenvalue weighted by atomic mass is 32.1. The zero-order valence-electron chi connectivity index (χ0n) is 15.1. The summed E-state index contributed by atoms with van der Waals surface area (Å²) in [5.41, 5.74) is 0.570. The van der Waals surface area contributed by atoms with E-state index < -0.39 is 27.1 Å². The molecule has 12 heteroatoms. The zero-order chi connectivity index (χ0) is 21.3. The Kier molecular flexibility index (Phi) is 4.90. The maximum Gasteiger partial charge on any atom is 0.289 e. The molecule has 1 amide bonds. The molecule has 0 saturated heterocycles. The van der Waals surface area contributed by atoms with Gasteiger partial charge in [-0.05, 0) is 17.7 Å². The Morgan fingerprint density at radius 3 is 2.67 bits per heavy atom. The summed E-state index contributed by atoms with van der Waals surface area (Å²) in [6.07, 6.45) is 2.37. The number of nitrogens with one attached hydrogen (secondary N) is 2. The molecule has 2 aromatic carbocycles. The molecule has 0 atom stereocenters. The van der Waals surface area contributed by atoms with E-state index in [1.54, 1.807) is 0 Å². The molecule has 0 bridgehead atoms. The van der Waals surface area contributed by atoms with E-state index in [1.807, 2.05) is 30.5 Å². The van der Waals surface area contributed by atoms with Crippen LogP contribution in [0.3, 0.4) is 0 Å². The average Bonchev–Trinajstić information content (AvgIpc) is 3.34. The molecule has 0 unspecified atom stereocenters. The molecule has 0 saturated carbocycles. The number of benzene rings is 2. The van der Waals surface area contributed by atoms with Crippen molar-refractivity contribution in [3.8, 4) is 0 Å². The van der Waals surface area contributed by atoms with Gasteiger partial charge in [-0.3, -0.25) is 30.3 Å². The highest BCUT2D eigenvalue weighted by Gasteiger charge is 2.25. The Morgan fingerprint density at radius 2 is 1.90 bits per heavy atom.